The van der Waals surface area contributed by atoms with Gasteiger partial charge in [0.25, 0.3) is 0 Å². The first-order valence-electron chi connectivity index (χ1n) is 7.93. The van der Waals surface area contributed by atoms with Crippen LogP contribution in [0.2, 0.25) is 0 Å². The van der Waals surface area contributed by atoms with Gasteiger partial charge in [0, 0.05) is 12.0 Å². The summed E-state index contributed by atoms with van der Waals surface area (Å²) in [4.78, 5) is 14.4. The Kier molecular flexibility index (Phi) is 6.05. The summed E-state index contributed by atoms with van der Waals surface area (Å²) < 4.78 is 0. The van der Waals surface area contributed by atoms with Gasteiger partial charge in [-0.3, -0.25) is 4.79 Å². The highest BCUT2D eigenvalue weighted by atomic mass is 16.4. The first kappa shape index (κ1) is 17.8. The van der Waals surface area contributed by atoms with Crippen LogP contribution in [-0.2, 0) is 4.79 Å². The van der Waals surface area contributed by atoms with Gasteiger partial charge in [-0.1, -0.05) is 25.9 Å². The van der Waals surface area contributed by atoms with Crippen LogP contribution in [0.4, 0.5) is 0 Å². The van der Waals surface area contributed by atoms with Crippen molar-refractivity contribution in [2.75, 3.05) is 6.54 Å². The number of oxime groups is 1. The molecule has 21 heavy (non-hydrogen) atoms. The van der Waals surface area contributed by atoms with Gasteiger partial charge in [0.1, 0.15) is 0 Å². The zero-order chi connectivity index (χ0) is 16.2. The van der Waals surface area contributed by atoms with E-state index in [1.54, 1.807) is 4.90 Å². The summed E-state index contributed by atoms with van der Waals surface area (Å²) in [6, 6.07) is 0.0538. The average molecular weight is 297 g/mol. The minimum atomic E-state index is 0.0538. The maximum Gasteiger partial charge on any atom is 0.226 e. The second kappa shape index (κ2) is 7.14. The number of carbonyl (C=O) groups is 1. The standard InChI is InChI=1S/C16H31N3O2/c1-11(2)19(10-14(17)18-21)15(20)12-6-8-13(9-7-12)16(3,4)5/h11-13,21H,6-10H2,1-5H3,(H2,17,18). The molecule has 5 nitrogen and oxygen atoms in total. The van der Waals surface area contributed by atoms with Crippen LogP contribution in [0.1, 0.15) is 60.3 Å². The number of hydrogen-bond acceptors (Lipinski definition) is 3. The van der Waals surface area contributed by atoms with E-state index in [0.717, 1.165) is 25.7 Å². The van der Waals surface area contributed by atoms with Gasteiger partial charge in [-0.15, -0.1) is 0 Å². The van der Waals surface area contributed by atoms with E-state index in [9.17, 15) is 4.79 Å². The first-order valence-corrected chi connectivity index (χ1v) is 7.93. The summed E-state index contributed by atoms with van der Waals surface area (Å²) in [7, 11) is 0. The third-order valence-electron chi connectivity index (χ3n) is 4.67. The van der Waals surface area contributed by atoms with Crippen molar-refractivity contribution in [1.82, 2.24) is 4.90 Å². The van der Waals surface area contributed by atoms with Crippen molar-refractivity contribution in [3.8, 4) is 0 Å². The Morgan fingerprint density at radius 1 is 1.29 bits per heavy atom. The molecule has 3 N–H and O–H groups in total. The zero-order valence-electron chi connectivity index (χ0n) is 14.1. The van der Waals surface area contributed by atoms with Gasteiger partial charge in [-0.2, -0.15) is 0 Å². The van der Waals surface area contributed by atoms with Crippen LogP contribution in [0.15, 0.2) is 5.16 Å². The number of nitrogens with two attached hydrogens (primary N) is 1. The Balaban J connectivity index is 2.66. The fourth-order valence-electron chi connectivity index (χ4n) is 3.16. The molecule has 0 bridgehead atoms. The van der Waals surface area contributed by atoms with E-state index < -0.39 is 0 Å². The van der Waals surface area contributed by atoms with Crippen molar-refractivity contribution in [3.05, 3.63) is 0 Å². The Morgan fingerprint density at radius 3 is 2.19 bits per heavy atom. The molecule has 0 spiro atoms. The molecule has 1 saturated carbocycles. The van der Waals surface area contributed by atoms with Crippen molar-refractivity contribution < 1.29 is 10.0 Å². The third-order valence-corrected chi connectivity index (χ3v) is 4.67. The monoisotopic (exact) mass is 297 g/mol. The first-order chi connectivity index (χ1) is 9.66. The smallest absolute Gasteiger partial charge is 0.226 e. The number of rotatable bonds is 4. The molecule has 0 aliphatic heterocycles. The van der Waals surface area contributed by atoms with E-state index in [1.165, 1.54) is 0 Å². The Labute approximate surface area is 128 Å². The highest BCUT2D eigenvalue weighted by Gasteiger charge is 2.34. The van der Waals surface area contributed by atoms with Crippen molar-refractivity contribution in [2.24, 2.45) is 28.1 Å². The largest absolute Gasteiger partial charge is 0.409 e. The van der Waals surface area contributed by atoms with E-state index in [1.807, 2.05) is 13.8 Å². The topological polar surface area (TPSA) is 78.9 Å². The molecular weight excluding hydrogens is 266 g/mol. The average Bonchev–Trinajstić information content (AvgIpc) is 2.42. The number of hydrogen-bond donors (Lipinski definition) is 2. The number of carbonyl (C=O) groups excluding carboxylic acids is 1. The van der Waals surface area contributed by atoms with Gasteiger partial charge in [0.05, 0.1) is 6.54 Å². The quantitative estimate of drug-likeness (QED) is 0.362. The van der Waals surface area contributed by atoms with E-state index in [-0.39, 0.29) is 30.2 Å². The summed E-state index contributed by atoms with van der Waals surface area (Å²) >= 11 is 0. The normalized spacial score (nSPS) is 24.2. The molecule has 122 valence electrons. The highest BCUT2D eigenvalue weighted by molar-refractivity contribution is 5.88. The fourth-order valence-corrected chi connectivity index (χ4v) is 3.16. The van der Waals surface area contributed by atoms with Crippen molar-refractivity contribution in [2.45, 2.75) is 66.3 Å². The summed E-state index contributed by atoms with van der Waals surface area (Å²) in [6.45, 7) is 11.0. The molecule has 1 fully saturated rings. The van der Waals surface area contributed by atoms with Gasteiger partial charge >= 0.3 is 0 Å². The van der Waals surface area contributed by atoms with Crippen molar-refractivity contribution in [1.29, 1.82) is 0 Å². The molecule has 1 aliphatic rings. The molecule has 0 aromatic rings. The lowest BCUT2D eigenvalue weighted by atomic mass is 9.69. The predicted octanol–water partition coefficient (Wildman–Crippen LogP) is 2.82. The predicted molar refractivity (Wildman–Crippen MR) is 85.2 cm³/mol. The maximum atomic E-state index is 12.7. The van der Waals surface area contributed by atoms with Crippen LogP contribution in [0.3, 0.4) is 0 Å². The van der Waals surface area contributed by atoms with Crippen LogP contribution in [0.25, 0.3) is 0 Å². The van der Waals surface area contributed by atoms with Crippen LogP contribution >= 0.6 is 0 Å². The summed E-state index contributed by atoms with van der Waals surface area (Å²) in [6.07, 6.45) is 4.10. The molecule has 0 atom stereocenters. The molecular formula is C16H31N3O2. The van der Waals surface area contributed by atoms with E-state index >= 15 is 0 Å². The minimum absolute atomic E-state index is 0.0538. The molecule has 0 aromatic carbocycles. The lowest BCUT2D eigenvalue weighted by molar-refractivity contribution is -0.138. The molecule has 0 saturated heterocycles. The maximum absolute atomic E-state index is 12.7. The summed E-state index contributed by atoms with van der Waals surface area (Å²) in [5.41, 5.74) is 5.88. The fraction of sp³-hybridized carbons (Fsp3) is 0.875. The summed E-state index contributed by atoms with van der Waals surface area (Å²) in [5.74, 6) is 1.00. The Hall–Kier alpha value is -1.26. The molecule has 1 amide bonds. The van der Waals surface area contributed by atoms with Crippen LogP contribution in [-0.4, -0.2) is 34.4 Å². The Morgan fingerprint density at radius 2 is 1.81 bits per heavy atom. The summed E-state index contributed by atoms with van der Waals surface area (Å²) in [5, 5.41) is 11.7. The van der Waals surface area contributed by atoms with Crippen molar-refractivity contribution >= 4 is 11.7 Å². The number of amidine groups is 1. The lowest BCUT2D eigenvalue weighted by Crippen LogP contribution is -2.46. The second-order valence-electron chi connectivity index (χ2n) is 7.57. The molecule has 0 heterocycles. The van der Waals surface area contributed by atoms with E-state index in [4.69, 9.17) is 10.9 Å². The van der Waals surface area contributed by atoms with Gasteiger partial charge in [-0.25, -0.2) is 0 Å². The molecule has 5 heteroatoms. The minimum Gasteiger partial charge on any atom is -0.409 e. The molecule has 0 aromatic heterocycles. The lowest BCUT2D eigenvalue weighted by Gasteiger charge is -2.38. The zero-order valence-corrected chi connectivity index (χ0v) is 14.1. The SMILES string of the molecule is CC(C)N(CC(N)=NO)C(=O)C1CCC(C(C)(C)C)CC1. The van der Waals surface area contributed by atoms with Crippen LogP contribution in [0.5, 0.6) is 0 Å². The van der Waals surface area contributed by atoms with Crippen molar-refractivity contribution in [3.63, 3.8) is 0 Å². The van der Waals surface area contributed by atoms with Gasteiger partial charge in [0.2, 0.25) is 5.91 Å². The molecule has 0 radical (unpaired) electrons. The number of amides is 1. The molecule has 1 rings (SSSR count). The highest BCUT2D eigenvalue weighted by Crippen LogP contribution is 2.40. The van der Waals surface area contributed by atoms with Crippen LogP contribution < -0.4 is 5.73 Å². The van der Waals surface area contributed by atoms with Gasteiger partial charge < -0.3 is 15.8 Å². The second-order valence-corrected chi connectivity index (χ2v) is 7.57. The molecule has 0 unspecified atom stereocenters. The van der Waals surface area contributed by atoms with E-state index in [2.05, 4.69) is 25.9 Å². The Bertz CT molecular complexity index is 377. The third kappa shape index (κ3) is 4.90. The number of nitrogens with zero attached hydrogens (tertiary/aromatic N) is 2. The van der Waals surface area contributed by atoms with Crippen LogP contribution in [0, 0.1) is 17.3 Å². The van der Waals surface area contributed by atoms with Gasteiger partial charge in [-0.05, 0) is 50.9 Å². The molecule has 1 aliphatic carbocycles. The van der Waals surface area contributed by atoms with Gasteiger partial charge in [0.15, 0.2) is 5.84 Å². The van der Waals surface area contributed by atoms with E-state index in [0.29, 0.717) is 11.3 Å².